The van der Waals surface area contributed by atoms with Crippen LogP contribution in [0, 0.1) is 0 Å². The van der Waals surface area contributed by atoms with E-state index in [0.717, 1.165) is 23.1 Å². The van der Waals surface area contributed by atoms with Crippen LogP contribution in [0.5, 0.6) is 0 Å². The summed E-state index contributed by atoms with van der Waals surface area (Å²) in [4.78, 5) is 12.0. The molecular weight excluding hydrogens is 478 g/mol. The molecule has 6 nitrogen and oxygen atoms in total. The Kier molecular flexibility index (Phi) is 11.3. The number of rotatable bonds is 14. The Morgan fingerprint density at radius 1 is 0.737 bits per heavy atom. The number of esters is 1. The Balaban J connectivity index is 1.50. The molecule has 6 heteroatoms. The lowest BCUT2D eigenvalue weighted by Gasteiger charge is -2.43. The zero-order chi connectivity index (χ0) is 26.4. The summed E-state index contributed by atoms with van der Waals surface area (Å²) in [6.07, 6.45) is 1.14. The molecule has 1 aliphatic heterocycles. The molecule has 38 heavy (non-hydrogen) atoms. The molecule has 4 atom stereocenters. The summed E-state index contributed by atoms with van der Waals surface area (Å²) in [7, 11) is 0. The van der Waals surface area contributed by atoms with E-state index < -0.39 is 0 Å². The van der Waals surface area contributed by atoms with Crippen molar-refractivity contribution in [1.82, 2.24) is 5.32 Å². The van der Waals surface area contributed by atoms with Crippen LogP contribution >= 0.6 is 0 Å². The van der Waals surface area contributed by atoms with Crippen LogP contribution in [-0.2, 0) is 43.6 Å². The maximum absolute atomic E-state index is 12.0. The van der Waals surface area contributed by atoms with Crippen molar-refractivity contribution < 1.29 is 23.7 Å². The van der Waals surface area contributed by atoms with Crippen LogP contribution in [0.2, 0.25) is 0 Å². The summed E-state index contributed by atoms with van der Waals surface area (Å²) < 4.78 is 24.7. The lowest BCUT2D eigenvalue weighted by Crippen LogP contribution is -2.61. The number of hydrogen-bond acceptors (Lipinski definition) is 6. The van der Waals surface area contributed by atoms with Crippen molar-refractivity contribution in [2.75, 3.05) is 13.2 Å². The molecular formula is C32H39NO5. The molecule has 1 heterocycles. The molecule has 0 saturated carbocycles. The van der Waals surface area contributed by atoms with Crippen molar-refractivity contribution in [2.24, 2.45) is 0 Å². The van der Waals surface area contributed by atoms with E-state index in [9.17, 15) is 4.79 Å². The van der Waals surface area contributed by atoms with Gasteiger partial charge in [-0.1, -0.05) is 91.0 Å². The van der Waals surface area contributed by atoms with E-state index >= 15 is 0 Å². The third kappa shape index (κ3) is 8.77. The molecule has 0 aromatic heterocycles. The molecule has 0 bridgehead atoms. The molecule has 0 unspecified atom stereocenters. The fourth-order valence-corrected chi connectivity index (χ4v) is 4.78. The van der Waals surface area contributed by atoms with Crippen molar-refractivity contribution in [3.05, 3.63) is 108 Å². The number of carbonyl (C=O) groups excluding carboxylic acids is 1. The van der Waals surface area contributed by atoms with Crippen LogP contribution in [0.25, 0.3) is 0 Å². The summed E-state index contributed by atoms with van der Waals surface area (Å²) in [5.41, 5.74) is 3.33. The molecule has 4 rings (SSSR count). The summed E-state index contributed by atoms with van der Waals surface area (Å²) in [5.74, 6) is -0.161. The second-order valence-corrected chi connectivity index (χ2v) is 9.57. The van der Waals surface area contributed by atoms with Crippen LogP contribution in [-0.4, -0.2) is 43.5 Å². The van der Waals surface area contributed by atoms with Gasteiger partial charge in [0.25, 0.3) is 0 Å². The molecule has 0 spiro atoms. The lowest BCUT2D eigenvalue weighted by molar-refractivity contribution is -0.176. The highest BCUT2D eigenvalue weighted by Crippen LogP contribution is 2.26. The minimum absolute atomic E-state index is 0.0190. The van der Waals surface area contributed by atoms with E-state index in [1.165, 1.54) is 0 Å². The van der Waals surface area contributed by atoms with Gasteiger partial charge in [0.2, 0.25) is 0 Å². The van der Waals surface area contributed by atoms with Gasteiger partial charge in [0.05, 0.1) is 32.5 Å². The van der Waals surface area contributed by atoms with Gasteiger partial charge in [-0.25, -0.2) is 0 Å². The van der Waals surface area contributed by atoms with Crippen molar-refractivity contribution >= 4 is 5.97 Å². The highest BCUT2D eigenvalue weighted by molar-refractivity contribution is 5.69. The van der Waals surface area contributed by atoms with Gasteiger partial charge in [-0.2, -0.15) is 0 Å². The van der Waals surface area contributed by atoms with Gasteiger partial charge in [-0.05, 0) is 36.5 Å². The molecule has 3 aromatic carbocycles. The first-order valence-corrected chi connectivity index (χ1v) is 13.6. The Hall–Kier alpha value is -3.03. The third-order valence-electron chi connectivity index (χ3n) is 6.75. The van der Waals surface area contributed by atoms with Gasteiger partial charge in [0.15, 0.2) is 0 Å². The van der Waals surface area contributed by atoms with Gasteiger partial charge < -0.3 is 24.3 Å². The largest absolute Gasteiger partial charge is 0.466 e. The maximum Gasteiger partial charge on any atom is 0.305 e. The quantitative estimate of drug-likeness (QED) is 0.287. The van der Waals surface area contributed by atoms with E-state index in [1.54, 1.807) is 0 Å². The minimum Gasteiger partial charge on any atom is -0.466 e. The first-order chi connectivity index (χ1) is 18.7. The Bertz CT molecular complexity index is 1060. The molecule has 0 amide bonds. The number of benzene rings is 3. The molecule has 0 aliphatic carbocycles. The summed E-state index contributed by atoms with van der Waals surface area (Å²) in [6.45, 7) is 4.31. The lowest BCUT2D eigenvalue weighted by atomic mass is 9.91. The molecule has 3 aromatic rings. The van der Waals surface area contributed by atoms with E-state index in [4.69, 9.17) is 18.9 Å². The fourth-order valence-electron chi connectivity index (χ4n) is 4.78. The first kappa shape index (κ1) is 28.0. The second-order valence-electron chi connectivity index (χ2n) is 9.57. The topological polar surface area (TPSA) is 66.0 Å². The highest BCUT2D eigenvalue weighted by Gasteiger charge is 2.41. The second kappa shape index (κ2) is 15.4. The van der Waals surface area contributed by atoms with Crippen LogP contribution in [0.4, 0.5) is 0 Å². The van der Waals surface area contributed by atoms with Crippen molar-refractivity contribution in [1.29, 1.82) is 0 Å². The van der Waals surface area contributed by atoms with Crippen molar-refractivity contribution in [3.63, 3.8) is 0 Å². The number of piperidine rings is 1. The van der Waals surface area contributed by atoms with E-state index in [1.807, 2.05) is 61.5 Å². The van der Waals surface area contributed by atoms with E-state index in [2.05, 4.69) is 41.7 Å². The van der Waals surface area contributed by atoms with Gasteiger partial charge in [0, 0.05) is 19.0 Å². The highest BCUT2D eigenvalue weighted by atomic mass is 16.6. The molecule has 0 radical (unpaired) electrons. The van der Waals surface area contributed by atoms with Gasteiger partial charge in [-0.15, -0.1) is 0 Å². The van der Waals surface area contributed by atoms with Gasteiger partial charge >= 0.3 is 5.97 Å². The molecule has 1 aliphatic rings. The van der Waals surface area contributed by atoms with Crippen LogP contribution in [0.1, 0.15) is 42.9 Å². The van der Waals surface area contributed by atoms with Gasteiger partial charge in [0.1, 0.15) is 12.2 Å². The predicted octanol–water partition coefficient (Wildman–Crippen LogP) is 5.45. The zero-order valence-corrected chi connectivity index (χ0v) is 22.2. The van der Waals surface area contributed by atoms with Crippen LogP contribution in [0.15, 0.2) is 91.0 Å². The minimum atomic E-state index is -0.281. The van der Waals surface area contributed by atoms with E-state index in [0.29, 0.717) is 45.8 Å². The summed E-state index contributed by atoms with van der Waals surface area (Å²) in [5, 5.41) is 3.64. The smallest absolute Gasteiger partial charge is 0.305 e. The predicted molar refractivity (Wildman–Crippen MR) is 147 cm³/mol. The number of hydrogen-bond donors (Lipinski definition) is 1. The summed E-state index contributed by atoms with van der Waals surface area (Å²) in [6, 6.07) is 30.5. The molecule has 1 fully saturated rings. The number of nitrogens with one attached hydrogen (secondary N) is 1. The van der Waals surface area contributed by atoms with Crippen molar-refractivity contribution in [2.45, 2.75) is 70.4 Å². The van der Waals surface area contributed by atoms with Gasteiger partial charge in [-0.3, -0.25) is 4.79 Å². The summed E-state index contributed by atoms with van der Waals surface area (Å²) >= 11 is 0. The van der Waals surface area contributed by atoms with Crippen LogP contribution in [0.3, 0.4) is 0 Å². The number of carbonyl (C=O) groups is 1. The standard InChI is InChI=1S/C32H39NO5/c1-2-35-30(34)20-12-19-28-31(37-23-26-15-8-4-9-16-26)32(38-24-27-17-10-5-11-18-27)29(21-33-28)36-22-25-13-6-3-7-14-25/h3-11,13-18,28-29,31-33H,2,12,19-24H2,1H3/t28-,29-,31-,32-/m1/s1. The number of ether oxygens (including phenoxy) is 4. The maximum atomic E-state index is 12.0. The molecule has 1 saturated heterocycles. The Morgan fingerprint density at radius 2 is 1.24 bits per heavy atom. The third-order valence-corrected chi connectivity index (χ3v) is 6.75. The Morgan fingerprint density at radius 3 is 1.76 bits per heavy atom. The SMILES string of the molecule is CCOC(=O)CCC[C@H]1NC[C@@H](OCc2ccccc2)[C@@H](OCc2ccccc2)[C@@H]1OCc1ccccc1. The van der Waals surface area contributed by atoms with Crippen molar-refractivity contribution in [3.8, 4) is 0 Å². The molecule has 1 N–H and O–H groups in total. The Labute approximate surface area is 226 Å². The monoisotopic (exact) mass is 517 g/mol. The van der Waals surface area contributed by atoms with E-state index in [-0.39, 0.29) is 30.3 Å². The average Bonchev–Trinajstić information content (AvgIpc) is 2.96. The molecule has 202 valence electrons. The fraction of sp³-hybridized carbons (Fsp3) is 0.406. The normalized spacial score (nSPS) is 21.2. The van der Waals surface area contributed by atoms with Crippen LogP contribution < -0.4 is 5.32 Å². The first-order valence-electron chi connectivity index (χ1n) is 13.6. The average molecular weight is 518 g/mol. The zero-order valence-electron chi connectivity index (χ0n) is 22.2.